The van der Waals surface area contributed by atoms with E-state index >= 15 is 0 Å². The predicted molar refractivity (Wildman–Crippen MR) is 326 cm³/mol. The molecular formula is C67H138NO3S+. The van der Waals surface area contributed by atoms with Crippen molar-refractivity contribution in [1.82, 2.24) is 0 Å². The normalized spacial score (nSPS) is 12.2. The summed E-state index contributed by atoms with van der Waals surface area (Å²) in [6.45, 7) is 11.8. The van der Waals surface area contributed by atoms with Crippen LogP contribution in [0, 0.1) is 0 Å². The number of nitrogens with zero attached hydrogens (tertiary/aromatic N) is 1. The van der Waals surface area contributed by atoms with Crippen molar-refractivity contribution in [3.63, 3.8) is 0 Å². The van der Waals surface area contributed by atoms with Crippen LogP contribution in [0.2, 0.25) is 0 Å². The Morgan fingerprint density at radius 1 is 0.208 bits per heavy atom. The van der Waals surface area contributed by atoms with E-state index < -0.39 is 10.1 Å². The lowest BCUT2D eigenvalue weighted by molar-refractivity contribution is -0.929. The van der Waals surface area contributed by atoms with Crippen LogP contribution in [-0.4, -0.2) is 49.4 Å². The lowest BCUT2D eigenvalue weighted by atomic mass is 10.0. The van der Waals surface area contributed by atoms with Crippen LogP contribution in [0.15, 0.2) is 0 Å². The minimum absolute atomic E-state index is 0.0786. The van der Waals surface area contributed by atoms with Gasteiger partial charge in [0.15, 0.2) is 0 Å². The molecule has 0 spiro atoms. The average Bonchev–Trinajstić information content (AvgIpc) is 3.37. The van der Waals surface area contributed by atoms with Crippen LogP contribution in [0.5, 0.6) is 0 Å². The minimum atomic E-state index is -3.89. The molecule has 0 aromatic heterocycles. The first-order valence-corrected chi connectivity index (χ1v) is 35.8. The van der Waals surface area contributed by atoms with E-state index in [1.165, 1.54) is 390 Å². The number of unbranched alkanes of at least 4 members (excludes halogenated alkanes) is 55. The Hall–Kier alpha value is -0.130. The van der Waals surface area contributed by atoms with Crippen molar-refractivity contribution in [3.8, 4) is 0 Å². The fourth-order valence-electron chi connectivity index (χ4n) is 12.0. The molecule has 0 aliphatic heterocycles. The Labute approximate surface area is 456 Å². The summed E-state index contributed by atoms with van der Waals surface area (Å²) in [7, 11) is -3.89. The molecule has 0 saturated carbocycles. The number of quaternary nitrogens is 1. The maximum atomic E-state index is 11.7. The van der Waals surface area contributed by atoms with Crippen molar-refractivity contribution >= 4 is 10.1 Å². The van der Waals surface area contributed by atoms with E-state index in [9.17, 15) is 13.0 Å². The summed E-state index contributed by atoms with van der Waals surface area (Å²) >= 11 is 0. The zero-order valence-corrected chi connectivity index (χ0v) is 51.2. The molecule has 0 bridgehead atoms. The van der Waals surface area contributed by atoms with Gasteiger partial charge in [-0.1, -0.05) is 348 Å². The zero-order chi connectivity index (χ0) is 52.3. The number of hydrogen-bond donors (Lipinski definition) is 1. The van der Waals surface area contributed by atoms with E-state index in [1.54, 1.807) is 0 Å². The standard InChI is InChI=1S/C67H137NO3S/c1-4-7-10-13-16-19-22-25-28-31-34-37-40-43-46-49-52-55-58-63-68(66-61-62-67-72(69,70)71,64-59-56-53-50-47-44-41-38-35-32-29-26-23-20-17-14-11-8-5-2)65-60-57-54-51-48-45-42-39-36-33-30-27-24-21-18-15-12-9-6-3/h4-67H2,1-3H3/p+1. The van der Waals surface area contributed by atoms with Gasteiger partial charge in [0.25, 0.3) is 10.1 Å². The highest BCUT2D eigenvalue weighted by Gasteiger charge is 2.26. The summed E-state index contributed by atoms with van der Waals surface area (Å²) in [6.07, 6.45) is 82.4. The van der Waals surface area contributed by atoms with Gasteiger partial charge in [-0.3, -0.25) is 4.55 Å². The summed E-state index contributed by atoms with van der Waals surface area (Å²) < 4.78 is 34.1. The molecule has 4 nitrogen and oxygen atoms in total. The summed E-state index contributed by atoms with van der Waals surface area (Å²) in [5, 5.41) is 0. The molecule has 0 rings (SSSR count). The van der Waals surface area contributed by atoms with Crippen LogP contribution >= 0.6 is 0 Å². The third-order valence-corrected chi connectivity index (χ3v) is 17.8. The highest BCUT2D eigenvalue weighted by molar-refractivity contribution is 7.85. The molecule has 0 saturated heterocycles. The maximum absolute atomic E-state index is 11.7. The molecule has 5 heteroatoms. The maximum Gasteiger partial charge on any atom is 0.264 e. The van der Waals surface area contributed by atoms with Crippen LogP contribution in [0.3, 0.4) is 0 Å². The van der Waals surface area contributed by atoms with Gasteiger partial charge in [0.2, 0.25) is 0 Å². The lowest BCUT2D eigenvalue weighted by Crippen LogP contribution is -2.51. The first-order valence-electron chi connectivity index (χ1n) is 34.2. The molecule has 0 aliphatic carbocycles. The van der Waals surface area contributed by atoms with E-state index in [1.807, 2.05) is 0 Å². The zero-order valence-electron chi connectivity index (χ0n) is 50.4. The number of rotatable bonds is 65. The Morgan fingerprint density at radius 3 is 0.472 bits per heavy atom. The predicted octanol–water partition coefficient (Wildman–Crippen LogP) is 23.8. The van der Waals surface area contributed by atoms with Crippen LogP contribution < -0.4 is 0 Å². The fourth-order valence-corrected chi connectivity index (χ4v) is 12.5. The second-order valence-corrected chi connectivity index (χ2v) is 25.9. The first-order chi connectivity index (χ1) is 35.4. The Kier molecular flexibility index (Phi) is 60.0. The van der Waals surface area contributed by atoms with E-state index in [4.69, 9.17) is 0 Å². The van der Waals surface area contributed by atoms with Crippen LogP contribution in [-0.2, 0) is 10.1 Å². The van der Waals surface area contributed by atoms with Crippen LogP contribution in [0.25, 0.3) is 0 Å². The van der Waals surface area contributed by atoms with E-state index in [0.29, 0.717) is 6.42 Å². The Balaban J connectivity index is 4.68. The van der Waals surface area contributed by atoms with Gasteiger partial charge in [-0.2, -0.15) is 8.42 Å². The number of hydrogen-bond acceptors (Lipinski definition) is 2. The van der Waals surface area contributed by atoms with Crippen molar-refractivity contribution in [2.24, 2.45) is 0 Å². The van der Waals surface area contributed by atoms with E-state index in [0.717, 1.165) is 13.0 Å². The van der Waals surface area contributed by atoms with E-state index in [-0.39, 0.29) is 5.75 Å². The average molecular weight is 1040 g/mol. The summed E-state index contributed by atoms with van der Waals surface area (Å²) in [6, 6.07) is 0. The Bertz CT molecular complexity index is 992. The van der Waals surface area contributed by atoms with Gasteiger partial charge < -0.3 is 4.48 Å². The summed E-state index contributed by atoms with van der Waals surface area (Å²) in [4.78, 5) is 0. The molecule has 0 amide bonds. The van der Waals surface area contributed by atoms with Crippen molar-refractivity contribution in [2.45, 2.75) is 400 Å². The molecular weight excluding hydrogens is 899 g/mol. The first kappa shape index (κ1) is 71.9. The molecule has 0 radical (unpaired) electrons. The molecule has 72 heavy (non-hydrogen) atoms. The van der Waals surface area contributed by atoms with Gasteiger partial charge in [0.05, 0.1) is 31.9 Å². The van der Waals surface area contributed by atoms with Crippen molar-refractivity contribution in [1.29, 1.82) is 0 Å². The molecule has 0 fully saturated rings. The van der Waals surface area contributed by atoms with Gasteiger partial charge >= 0.3 is 0 Å². The molecule has 0 heterocycles. The van der Waals surface area contributed by atoms with Crippen LogP contribution in [0.1, 0.15) is 400 Å². The SMILES string of the molecule is CCCCCCCCCCCCCCCCCCCCC[N+](CCCCCCCCCCCCCCCCCCCCC)(CCCCCCCCCCCCCCCCCCCCC)CCCCS(=O)(=O)O. The molecule has 0 aliphatic rings. The second-order valence-electron chi connectivity index (χ2n) is 24.3. The Morgan fingerprint density at radius 2 is 0.333 bits per heavy atom. The van der Waals surface area contributed by atoms with Gasteiger partial charge in [-0.05, 0) is 51.4 Å². The monoisotopic (exact) mass is 1040 g/mol. The molecule has 0 aromatic rings. The van der Waals surface area contributed by atoms with Gasteiger partial charge in [-0.15, -0.1) is 0 Å². The van der Waals surface area contributed by atoms with Crippen molar-refractivity contribution < 1.29 is 17.5 Å². The molecule has 434 valence electrons. The van der Waals surface area contributed by atoms with Crippen molar-refractivity contribution in [3.05, 3.63) is 0 Å². The topological polar surface area (TPSA) is 54.4 Å². The minimum Gasteiger partial charge on any atom is -0.324 e. The van der Waals surface area contributed by atoms with E-state index in [2.05, 4.69) is 20.8 Å². The smallest absolute Gasteiger partial charge is 0.264 e. The lowest BCUT2D eigenvalue weighted by Gasteiger charge is -2.39. The van der Waals surface area contributed by atoms with Crippen molar-refractivity contribution in [2.75, 3.05) is 31.9 Å². The second kappa shape index (κ2) is 60.1. The van der Waals surface area contributed by atoms with Crippen LogP contribution in [0.4, 0.5) is 0 Å². The molecule has 0 unspecified atom stereocenters. The highest BCUT2D eigenvalue weighted by atomic mass is 32.2. The quantitative estimate of drug-likeness (QED) is 0.0375. The highest BCUT2D eigenvalue weighted by Crippen LogP contribution is 2.23. The van der Waals surface area contributed by atoms with Gasteiger partial charge in [0, 0.05) is 0 Å². The molecule has 0 aromatic carbocycles. The van der Waals surface area contributed by atoms with Gasteiger partial charge in [-0.25, -0.2) is 0 Å². The largest absolute Gasteiger partial charge is 0.324 e. The third kappa shape index (κ3) is 59.1. The molecule has 0 atom stereocenters. The molecule has 1 N–H and O–H groups in total. The fraction of sp³-hybridized carbons (Fsp3) is 1.00. The summed E-state index contributed by atoms with van der Waals surface area (Å²) in [5.41, 5.74) is 0. The third-order valence-electron chi connectivity index (χ3n) is 17.0. The van der Waals surface area contributed by atoms with Gasteiger partial charge in [0.1, 0.15) is 0 Å². The summed E-state index contributed by atoms with van der Waals surface area (Å²) in [5.74, 6) is -0.0786.